The van der Waals surface area contributed by atoms with Gasteiger partial charge in [-0.15, -0.1) is 0 Å². The minimum atomic E-state index is -4.46. The van der Waals surface area contributed by atoms with E-state index in [1.54, 1.807) is 25.1 Å². The maximum atomic E-state index is 12.9. The third-order valence-electron chi connectivity index (χ3n) is 4.53. The molecule has 0 spiro atoms. The topological polar surface area (TPSA) is 78.5 Å². The lowest BCUT2D eigenvalue weighted by atomic mass is 10.0. The molecule has 4 amide bonds. The lowest BCUT2D eigenvalue weighted by Gasteiger charge is -2.17. The number of nitrogens with one attached hydrogen (secondary N) is 2. The van der Waals surface area contributed by atoms with E-state index in [-0.39, 0.29) is 24.6 Å². The molecule has 2 N–H and O–H groups in total. The fourth-order valence-electron chi connectivity index (χ4n) is 2.96. The Morgan fingerprint density at radius 3 is 2.55 bits per heavy atom. The molecule has 0 radical (unpaired) electrons. The van der Waals surface area contributed by atoms with E-state index in [2.05, 4.69) is 10.6 Å². The highest BCUT2D eigenvalue weighted by Gasteiger charge is 2.31. The van der Waals surface area contributed by atoms with Crippen molar-refractivity contribution in [1.82, 2.24) is 15.5 Å². The molecule has 1 saturated heterocycles. The van der Waals surface area contributed by atoms with Crippen molar-refractivity contribution in [2.24, 2.45) is 0 Å². The molecule has 1 aliphatic rings. The molecule has 3 rings (SSSR count). The molecule has 1 atom stereocenters. The fourth-order valence-corrected chi connectivity index (χ4v) is 2.96. The molecular weight excluding hydrogens is 387 g/mol. The summed E-state index contributed by atoms with van der Waals surface area (Å²) in [4.78, 5) is 36.9. The van der Waals surface area contributed by atoms with Crippen molar-refractivity contribution in [2.45, 2.75) is 25.7 Å². The van der Waals surface area contributed by atoms with E-state index in [9.17, 15) is 27.6 Å². The second-order valence-electron chi connectivity index (χ2n) is 6.66. The van der Waals surface area contributed by atoms with Crippen LogP contribution in [0.5, 0.6) is 0 Å². The standard InChI is InChI=1S/C20H18F3N3O3/c1-12(14-5-3-7-16(9-14)20(21,22)23)25-18(28)15-6-2-4-13(8-15)11-26-17(27)10-24-19(26)29/h2-9,12H,10-11H2,1H3,(H,24,29)(H,25,28)/t12-/m0/s1. The van der Waals surface area contributed by atoms with Crippen molar-refractivity contribution in [2.75, 3.05) is 6.54 Å². The number of carbonyl (C=O) groups is 3. The lowest BCUT2D eigenvalue weighted by Crippen LogP contribution is -2.30. The molecule has 2 aromatic carbocycles. The van der Waals surface area contributed by atoms with Crippen LogP contribution in [0.2, 0.25) is 0 Å². The molecule has 0 aliphatic carbocycles. The van der Waals surface area contributed by atoms with Gasteiger partial charge in [0.15, 0.2) is 0 Å². The highest BCUT2D eigenvalue weighted by molar-refractivity contribution is 6.02. The predicted octanol–water partition coefficient (Wildman–Crippen LogP) is 3.25. The average molecular weight is 405 g/mol. The van der Waals surface area contributed by atoms with Gasteiger partial charge in [0.25, 0.3) is 5.91 Å². The Morgan fingerprint density at radius 1 is 1.17 bits per heavy atom. The second-order valence-corrected chi connectivity index (χ2v) is 6.66. The zero-order valence-corrected chi connectivity index (χ0v) is 15.4. The van der Waals surface area contributed by atoms with Gasteiger partial charge in [0.2, 0.25) is 5.91 Å². The average Bonchev–Trinajstić information content (AvgIpc) is 2.99. The molecule has 0 saturated carbocycles. The highest BCUT2D eigenvalue weighted by atomic mass is 19.4. The van der Waals surface area contributed by atoms with Crippen LogP contribution in [-0.2, 0) is 17.5 Å². The van der Waals surface area contributed by atoms with Crippen molar-refractivity contribution in [3.8, 4) is 0 Å². The summed E-state index contributed by atoms with van der Waals surface area (Å²) < 4.78 is 38.6. The van der Waals surface area contributed by atoms with Gasteiger partial charge in [-0.2, -0.15) is 13.2 Å². The quantitative estimate of drug-likeness (QED) is 0.750. The van der Waals surface area contributed by atoms with Crippen LogP contribution >= 0.6 is 0 Å². The van der Waals surface area contributed by atoms with E-state index in [0.717, 1.165) is 17.0 Å². The molecule has 6 nitrogen and oxygen atoms in total. The molecule has 1 heterocycles. The Bertz CT molecular complexity index is 943. The molecule has 0 unspecified atom stereocenters. The van der Waals surface area contributed by atoms with E-state index in [4.69, 9.17) is 0 Å². The first kappa shape index (κ1) is 20.4. The number of nitrogens with zero attached hydrogens (tertiary/aromatic N) is 1. The summed E-state index contributed by atoms with van der Waals surface area (Å²) >= 11 is 0. The number of hydrogen-bond donors (Lipinski definition) is 2. The predicted molar refractivity (Wildman–Crippen MR) is 97.7 cm³/mol. The zero-order valence-electron chi connectivity index (χ0n) is 15.4. The maximum absolute atomic E-state index is 12.9. The van der Waals surface area contributed by atoms with Crippen molar-refractivity contribution in [3.05, 3.63) is 70.8 Å². The molecule has 1 aliphatic heterocycles. The van der Waals surface area contributed by atoms with Gasteiger partial charge in [0, 0.05) is 5.56 Å². The fraction of sp³-hybridized carbons (Fsp3) is 0.250. The van der Waals surface area contributed by atoms with Gasteiger partial charge >= 0.3 is 12.2 Å². The Kier molecular flexibility index (Phi) is 5.58. The monoisotopic (exact) mass is 405 g/mol. The number of halogens is 3. The van der Waals surface area contributed by atoms with Crippen LogP contribution in [0.1, 0.15) is 40.0 Å². The summed E-state index contributed by atoms with van der Waals surface area (Å²) in [5.74, 6) is -0.836. The number of urea groups is 1. The van der Waals surface area contributed by atoms with Crippen LogP contribution in [0, 0.1) is 0 Å². The molecule has 152 valence electrons. The van der Waals surface area contributed by atoms with Gasteiger partial charge in [0.1, 0.15) is 0 Å². The van der Waals surface area contributed by atoms with E-state index in [1.165, 1.54) is 18.2 Å². The largest absolute Gasteiger partial charge is 0.416 e. The number of hydrogen-bond acceptors (Lipinski definition) is 3. The Balaban J connectivity index is 1.71. The summed E-state index contributed by atoms with van der Waals surface area (Å²) in [6.07, 6.45) is -4.46. The van der Waals surface area contributed by atoms with Crippen molar-refractivity contribution in [1.29, 1.82) is 0 Å². The summed E-state index contributed by atoms with van der Waals surface area (Å²) in [5.41, 5.74) is 0.387. The van der Waals surface area contributed by atoms with Crippen LogP contribution in [0.4, 0.5) is 18.0 Å². The molecule has 2 aromatic rings. The molecule has 0 bridgehead atoms. The van der Waals surface area contributed by atoms with Crippen molar-refractivity contribution in [3.63, 3.8) is 0 Å². The van der Waals surface area contributed by atoms with E-state index < -0.39 is 29.7 Å². The zero-order chi connectivity index (χ0) is 21.2. The first-order chi connectivity index (χ1) is 13.6. The number of carbonyl (C=O) groups excluding carboxylic acids is 3. The lowest BCUT2D eigenvalue weighted by molar-refractivity contribution is -0.137. The minimum Gasteiger partial charge on any atom is -0.346 e. The van der Waals surface area contributed by atoms with Gasteiger partial charge < -0.3 is 10.6 Å². The summed E-state index contributed by atoms with van der Waals surface area (Å²) in [6.45, 7) is 1.55. The van der Waals surface area contributed by atoms with Crippen molar-refractivity contribution >= 4 is 17.8 Å². The van der Waals surface area contributed by atoms with Gasteiger partial charge in [-0.1, -0.05) is 24.3 Å². The number of amides is 4. The van der Waals surface area contributed by atoms with Crippen LogP contribution < -0.4 is 10.6 Å². The SMILES string of the molecule is C[C@H](NC(=O)c1cccc(CN2C(=O)CNC2=O)c1)c1cccc(C(F)(F)F)c1. The third-order valence-corrected chi connectivity index (χ3v) is 4.53. The maximum Gasteiger partial charge on any atom is 0.416 e. The van der Waals surface area contributed by atoms with E-state index in [0.29, 0.717) is 11.1 Å². The van der Waals surface area contributed by atoms with Gasteiger partial charge in [0.05, 0.1) is 24.7 Å². The Morgan fingerprint density at radius 2 is 1.90 bits per heavy atom. The molecule has 1 fully saturated rings. The van der Waals surface area contributed by atoms with Gasteiger partial charge in [-0.25, -0.2) is 4.79 Å². The number of imide groups is 1. The normalized spacial score (nSPS) is 15.2. The highest BCUT2D eigenvalue weighted by Crippen LogP contribution is 2.30. The first-order valence-electron chi connectivity index (χ1n) is 8.80. The van der Waals surface area contributed by atoms with E-state index in [1.807, 2.05) is 0 Å². The molecule has 9 heteroatoms. The number of benzene rings is 2. The first-order valence-corrected chi connectivity index (χ1v) is 8.80. The number of alkyl halides is 3. The summed E-state index contributed by atoms with van der Waals surface area (Å²) in [5, 5.41) is 5.08. The molecular formula is C20H18F3N3O3. The van der Waals surface area contributed by atoms with Crippen molar-refractivity contribution < 1.29 is 27.6 Å². The second kappa shape index (κ2) is 7.94. The van der Waals surface area contributed by atoms with Crippen LogP contribution in [0.15, 0.2) is 48.5 Å². The van der Waals surface area contributed by atoms with Crippen LogP contribution in [-0.4, -0.2) is 29.3 Å². The van der Waals surface area contributed by atoms with Gasteiger partial charge in [-0.05, 0) is 42.3 Å². The Labute approximate surface area is 164 Å². The smallest absolute Gasteiger partial charge is 0.346 e. The van der Waals surface area contributed by atoms with Crippen LogP contribution in [0.25, 0.3) is 0 Å². The molecule has 29 heavy (non-hydrogen) atoms. The number of rotatable bonds is 5. The third kappa shape index (κ3) is 4.74. The Hall–Kier alpha value is -3.36. The summed E-state index contributed by atoms with van der Waals surface area (Å²) in [6, 6.07) is 9.98. The van der Waals surface area contributed by atoms with E-state index >= 15 is 0 Å². The van der Waals surface area contributed by atoms with Crippen LogP contribution in [0.3, 0.4) is 0 Å². The van der Waals surface area contributed by atoms with Gasteiger partial charge in [-0.3, -0.25) is 14.5 Å². The summed E-state index contributed by atoms with van der Waals surface area (Å²) in [7, 11) is 0. The minimum absolute atomic E-state index is 0.0228. The molecule has 0 aromatic heterocycles.